The van der Waals surface area contributed by atoms with Crippen molar-refractivity contribution in [2.75, 3.05) is 37.6 Å². The van der Waals surface area contributed by atoms with Crippen LogP contribution >= 0.6 is 11.6 Å². The average Bonchev–Trinajstić information content (AvgIpc) is 2.63. The second-order valence-corrected chi connectivity index (χ2v) is 6.73. The van der Waals surface area contributed by atoms with Crippen LogP contribution in [-0.4, -0.2) is 48.5 Å². The fourth-order valence-corrected chi connectivity index (χ4v) is 3.22. The molecule has 1 N–H and O–H groups in total. The van der Waals surface area contributed by atoms with Gasteiger partial charge in [0, 0.05) is 37.4 Å². The first-order valence-corrected chi connectivity index (χ1v) is 8.93. The molecule has 25 heavy (non-hydrogen) atoms. The molecule has 6 heteroatoms. The molecule has 1 aromatic carbocycles. The quantitative estimate of drug-likeness (QED) is 0.892. The maximum absolute atomic E-state index is 12.3. The number of anilines is 1. The van der Waals surface area contributed by atoms with Crippen LogP contribution in [0.2, 0.25) is 5.02 Å². The van der Waals surface area contributed by atoms with Gasteiger partial charge in [0.2, 0.25) is 5.91 Å². The Morgan fingerprint density at radius 3 is 2.68 bits per heavy atom. The van der Waals surface area contributed by atoms with Crippen molar-refractivity contribution in [2.24, 2.45) is 0 Å². The van der Waals surface area contributed by atoms with E-state index >= 15 is 0 Å². The third kappa shape index (κ3) is 4.94. The minimum Gasteiger partial charge on any atom is -0.354 e. The number of nitrogens with zero attached hydrogens (tertiary/aromatic N) is 3. The highest BCUT2D eigenvalue weighted by molar-refractivity contribution is 6.30. The van der Waals surface area contributed by atoms with Crippen LogP contribution < -0.4 is 10.2 Å². The van der Waals surface area contributed by atoms with Gasteiger partial charge < -0.3 is 10.2 Å². The summed E-state index contributed by atoms with van der Waals surface area (Å²) in [7, 11) is 0. The fraction of sp³-hybridized carbons (Fsp3) is 0.368. The van der Waals surface area contributed by atoms with Gasteiger partial charge >= 0.3 is 0 Å². The smallest absolute Gasteiger partial charge is 0.234 e. The van der Waals surface area contributed by atoms with E-state index in [1.807, 2.05) is 55.6 Å². The Morgan fingerprint density at radius 1 is 1.20 bits per heavy atom. The van der Waals surface area contributed by atoms with Gasteiger partial charge in [0.25, 0.3) is 0 Å². The van der Waals surface area contributed by atoms with Crippen molar-refractivity contribution in [1.82, 2.24) is 15.2 Å². The van der Waals surface area contributed by atoms with Crippen molar-refractivity contribution in [1.29, 1.82) is 0 Å². The summed E-state index contributed by atoms with van der Waals surface area (Å²) >= 11 is 6.01. The number of piperazine rings is 1. The van der Waals surface area contributed by atoms with Crippen LogP contribution in [0, 0.1) is 0 Å². The lowest BCUT2D eigenvalue weighted by molar-refractivity contribution is -0.123. The predicted octanol–water partition coefficient (Wildman–Crippen LogP) is 2.73. The highest BCUT2D eigenvalue weighted by atomic mass is 35.5. The number of halogens is 1. The number of rotatable bonds is 5. The number of carbonyl (C=O) groups is 1. The summed E-state index contributed by atoms with van der Waals surface area (Å²) in [5.74, 6) is 1.04. The topological polar surface area (TPSA) is 48.5 Å². The molecule has 2 heterocycles. The molecule has 0 radical (unpaired) electrons. The second kappa shape index (κ2) is 8.32. The number of hydrogen-bond donors (Lipinski definition) is 1. The lowest BCUT2D eigenvalue weighted by atomic mass is 10.1. The summed E-state index contributed by atoms with van der Waals surface area (Å²) in [5.41, 5.74) is 1.01. The molecule has 0 unspecified atom stereocenters. The summed E-state index contributed by atoms with van der Waals surface area (Å²) in [6, 6.07) is 13.5. The van der Waals surface area contributed by atoms with E-state index in [4.69, 9.17) is 11.6 Å². The van der Waals surface area contributed by atoms with Crippen molar-refractivity contribution < 1.29 is 4.79 Å². The summed E-state index contributed by atoms with van der Waals surface area (Å²) in [6.45, 7) is 5.87. The van der Waals surface area contributed by atoms with E-state index in [-0.39, 0.29) is 11.9 Å². The molecule has 5 nitrogen and oxygen atoms in total. The molecule has 2 aromatic rings. The standard InChI is InChI=1S/C19H23ClN4O/c1-15(16-5-4-6-17(20)13-16)22-19(25)14-23-9-11-24(12-10-23)18-7-2-3-8-21-18/h2-8,13,15H,9-12,14H2,1H3,(H,22,25)/t15-/m1/s1. The lowest BCUT2D eigenvalue weighted by Gasteiger charge is -2.35. The van der Waals surface area contributed by atoms with E-state index in [2.05, 4.69) is 20.1 Å². The van der Waals surface area contributed by atoms with Crippen molar-refractivity contribution in [3.63, 3.8) is 0 Å². The van der Waals surface area contributed by atoms with E-state index in [0.717, 1.165) is 37.6 Å². The molecule has 1 fully saturated rings. The van der Waals surface area contributed by atoms with Crippen LogP contribution in [0.5, 0.6) is 0 Å². The first-order valence-electron chi connectivity index (χ1n) is 8.55. The van der Waals surface area contributed by atoms with E-state index < -0.39 is 0 Å². The zero-order valence-electron chi connectivity index (χ0n) is 14.4. The van der Waals surface area contributed by atoms with E-state index in [0.29, 0.717) is 11.6 Å². The molecule has 132 valence electrons. The lowest BCUT2D eigenvalue weighted by Crippen LogP contribution is -2.49. The number of benzene rings is 1. The zero-order valence-corrected chi connectivity index (χ0v) is 15.1. The minimum atomic E-state index is -0.0546. The first kappa shape index (κ1) is 17.7. The van der Waals surface area contributed by atoms with Crippen LogP contribution in [0.1, 0.15) is 18.5 Å². The Morgan fingerprint density at radius 2 is 2.00 bits per heavy atom. The Labute approximate surface area is 153 Å². The molecular weight excluding hydrogens is 336 g/mol. The predicted molar refractivity (Wildman–Crippen MR) is 101 cm³/mol. The highest BCUT2D eigenvalue weighted by Crippen LogP contribution is 2.17. The minimum absolute atomic E-state index is 0.0405. The molecule has 1 aliphatic rings. The molecular formula is C19H23ClN4O. The van der Waals surface area contributed by atoms with Gasteiger partial charge in [0.1, 0.15) is 5.82 Å². The molecule has 0 saturated carbocycles. The van der Waals surface area contributed by atoms with Crippen molar-refractivity contribution in [2.45, 2.75) is 13.0 Å². The maximum atomic E-state index is 12.3. The molecule has 1 atom stereocenters. The second-order valence-electron chi connectivity index (χ2n) is 6.30. The van der Waals surface area contributed by atoms with Crippen molar-refractivity contribution in [3.8, 4) is 0 Å². The monoisotopic (exact) mass is 358 g/mol. The van der Waals surface area contributed by atoms with Gasteiger partial charge in [-0.1, -0.05) is 29.8 Å². The normalized spacial score (nSPS) is 16.5. The van der Waals surface area contributed by atoms with E-state index in [9.17, 15) is 4.79 Å². The molecule has 3 rings (SSSR count). The van der Waals surface area contributed by atoms with Crippen molar-refractivity contribution >= 4 is 23.3 Å². The average molecular weight is 359 g/mol. The Bertz CT molecular complexity index is 702. The van der Waals surface area contributed by atoms with Crippen LogP contribution in [0.25, 0.3) is 0 Å². The molecule has 1 aliphatic heterocycles. The van der Waals surface area contributed by atoms with Crippen LogP contribution in [-0.2, 0) is 4.79 Å². The Hall–Kier alpha value is -2.11. The summed E-state index contributed by atoms with van der Waals surface area (Å²) in [5, 5.41) is 3.73. The van der Waals surface area contributed by atoms with Gasteiger partial charge in [0.05, 0.1) is 12.6 Å². The SMILES string of the molecule is C[C@@H](NC(=O)CN1CCN(c2ccccn2)CC1)c1cccc(Cl)c1. The zero-order chi connectivity index (χ0) is 17.6. The third-order valence-electron chi connectivity index (χ3n) is 4.44. The third-order valence-corrected chi connectivity index (χ3v) is 4.67. The maximum Gasteiger partial charge on any atom is 0.234 e. The Kier molecular flexibility index (Phi) is 5.89. The van der Waals surface area contributed by atoms with E-state index in [1.165, 1.54) is 0 Å². The first-order chi connectivity index (χ1) is 12.1. The van der Waals surface area contributed by atoms with Gasteiger partial charge in [-0.2, -0.15) is 0 Å². The number of nitrogens with one attached hydrogen (secondary N) is 1. The number of hydrogen-bond acceptors (Lipinski definition) is 4. The van der Waals surface area contributed by atoms with Gasteiger partial charge in [-0.15, -0.1) is 0 Å². The summed E-state index contributed by atoms with van der Waals surface area (Å²) < 4.78 is 0. The van der Waals surface area contributed by atoms with Crippen LogP contribution in [0.4, 0.5) is 5.82 Å². The van der Waals surface area contributed by atoms with Gasteiger partial charge in [-0.3, -0.25) is 9.69 Å². The number of amides is 1. The molecule has 1 aromatic heterocycles. The van der Waals surface area contributed by atoms with Gasteiger partial charge in [0.15, 0.2) is 0 Å². The molecule has 1 amide bonds. The number of aromatic nitrogens is 1. The number of carbonyl (C=O) groups excluding carboxylic acids is 1. The fourth-order valence-electron chi connectivity index (χ4n) is 3.03. The van der Waals surface area contributed by atoms with Crippen molar-refractivity contribution in [3.05, 3.63) is 59.2 Å². The van der Waals surface area contributed by atoms with E-state index in [1.54, 1.807) is 0 Å². The number of pyridine rings is 1. The van der Waals surface area contributed by atoms with Crippen LogP contribution in [0.15, 0.2) is 48.7 Å². The molecule has 0 bridgehead atoms. The summed E-state index contributed by atoms with van der Waals surface area (Å²) in [4.78, 5) is 21.1. The van der Waals surface area contributed by atoms with Crippen LogP contribution in [0.3, 0.4) is 0 Å². The molecule has 0 aliphatic carbocycles. The molecule has 0 spiro atoms. The highest BCUT2D eigenvalue weighted by Gasteiger charge is 2.20. The summed E-state index contributed by atoms with van der Waals surface area (Å²) in [6.07, 6.45) is 1.81. The Balaban J connectivity index is 1.46. The largest absolute Gasteiger partial charge is 0.354 e. The van der Waals surface area contributed by atoms with Gasteiger partial charge in [-0.05, 0) is 36.8 Å². The van der Waals surface area contributed by atoms with Gasteiger partial charge in [-0.25, -0.2) is 4.98 Å². The molecule has 1 saturated heterocycles.